The van der Waals surface area contributed by atoms with Crippen molar-refractivity contribution in [1.82, 2.24) is 0 Å². The lowest BCUT2D eigenvalue weighted by atomic mass is 10.1. The smallest absolute Gasteiger partial charge is 0.339 e. The maximum Gasteiger partial charge on any atom is 0.339 e. The highest BCUT2D eigenvalue weighted by atomic mass is 19.1. The molecule has 0 bridgehead atoms. The lowest BCUT2D eigenvalue weighted by Gasteiger charge is -2.10. The zero-order valence-electron chi connectivity index (χ0n) is 10.3. The van der Waals surface area contributed by atoms with Gasteiger partial charge in [-0.3, -0.25) is 0 Å². The Kier molecular flexibility index (Phi) is 3.84. The number of ether oxygens (including phenoxy) is 1. The number of hydrogen-bond donors (Lipinski definition) is 2. The molecular formula is C14H11F2NO3. The average Bonchev–Trinajstić information content (AvgIpc) is 2.38. The topological polar surface area (TPSA) is 72.5 Å². The summed E-state index contributed by atoms with van der Waals surface area (Å²) in [6, 6.07) is 7.19. The van der Waals surface area contributed by atoms with Gasteiger partial charge in [-0.25, -0.2) is 13.6 Å². The molecule has 0 unspecified atom stereocenters. The fourth-order valence-corrected chi connectivity index (χ4v) is 1.63. The first-order valence-corrected chi connectivity index (χ1v) is 5.67. The van der Waals surface area contributed by atoms with Crippen LogP contribution in [-0.2, 0) is 6.61 Å². The second kappa shape index (κ2) is 5.56. The van der Waals surface area contributed by atoms with E-state index in [4.69, 9.17) is 15.6 Å². The molecule has 0 radical (unpaired) electrons. The molecule has 0 saturated carbocycles. The highest BCUT2D eigenvalue weighted by Crippen LogP contribution is 2.23. The molecule has 2 aromatic carbocycles. The molecule has 0 atom stereocenters. The van der Waals surface area contributed by atoms with E-state index >= 15 is 0 Å². The first-order chi connectivity index (χ1) is 9.47. The maximum atomic E-state index is 13.4. The van der Waals surface area contributed by atoms with Crippen LogP contribution in [0.3, 0.4) is 0 Å². The molecular weight excluding hydrogens is 268 g/mol. The van der Waals surface area contributed by atoms with Crippen LogP contribution in [0.5, 0.6) is 5.75 Å². The predicted octanol–water partition coefficient (Wildman–Crippen LogP) is 2.82. The van der Waals surface area contributed by atoms with Crippen molar-refractivity contribution in [1.29, 1.82) is 0 Å². The van der Waals surface area contributed by atoms with Crippen LogP contribution < -0.4 is 10.5 Å². The van der Waals surface area contributed by atoms with E-state index in [-0.39, 0.29) is 29.2 Å². The molecule has 6 heteroatoms. The summed E-state index contributed by atoms with van der Waals surface area (Å²) in [5.41, 5.74) is 5.78. The number of rotatable bonds is 4. The van der Waals surface area contributed by atoms with Gasteiger partial charge in [-0.1, -0.05) is 0 Å². The number of nitrogens with two attached hydrogens (primary N) is 1. The normalized spacial score (nSPS) is 10.3. The van der Waals surface area contributed by atoms with E-state index in [1.165, 1.54) is 24.3 Å². The molecule has 0 spiro atoms. The maximum absolute atomic E-state index is 13.4. The first-order valence-electron chi connectivity index (χ1n) is 5.67. The number of carboxylic acids is 1. The van der Waals surface area contributed by atoms with Gasteiger partial charge in [0.1, 0.15) is 29.6 Å². The van der Waals surface area contributed by atoms with Crippen LogP contribution in [0, 0.1) is 11.6 Å². The van der Waals surface area contributed by atoms with Crippen LogP contribution in [0.2, 0.25) is 0 Å². The molecule has 0 heterocycles. The van der Waals surface area contributed by atoms with Gasteiger partial charge >= 0.3 is 5.97 Å². The van der Waals surface area contributed by atoms with Gasteiger partial charge in [0.05, 0.1) is 0 Å². The SMILES string of the molecule is Nc1ccc(OCc2ccc(F)cc2F)c(C(=O)O)c1. The number of carbonyl (C=O) groups is 1. The summed E-state index contributed by atoms with van der Waals surface area (Å²) in [7, 11) is 0. The Hall–Kier alpha value is -2.63. The molecule has 0 aliphatic carbocycles. The lowest BCUT2D eigenvalue weighted by Crippen LogP contribution is -2.05. The van der Waals surface area contributed by atoms with Crippen molar-refractivity contribution in [2.75, 3.05) is 5.73 Å². The summed E-state index contributed by atoms with van der Waals surface area (Å²) in [6.07, 6.45) is 0. The number of aromatic carboxylic acids is 1. The molecule has 0 saturated heterocycles. The van der Waals surface area contributed by atoms with E-state index in [2.05, 4.69) is 0 Å². The van der Waals surface area contributed by atoms with Crippen molar-refractivity contribution in [3.05, 3.63) is 59.2 Å². The van der Waals surface area contributed by atoms with Crippen molar-refractivity contribution in [2.45, 2.75) is 6.61 Å². The zero-order chi connectivity index (χ0) is 14.7. The fraction of sp³-hybridized carbons (Fsp3) is 0.0714. The summed E-state index contributed by atoms with van der Waals surface area (Å²) < 4.78 is 31.4. The van der Waals surface area contributed by atoms with Crippen LogP contribution in [0.4, 0.5) is 14.5 Å². The highest BCUT2D eigenvalue weighted by molar-refractivity contribution is 5.92. The van der Waals surface area contributed by atoms with Gasteiger partial charge in [-0.2, -0.15) is 0 Å². The Balaban J connectivity index is 2.20. The van der Waals surface area contributed by atoms with Crippen LogP contribution in [0.1, 0.15) is 15.9 Å². The third-order valence-corrected chi connectivity index (χ3v) is 2.63. The minimum absolute atomic E-state index is 0.0652. The quantitative estimate of drug-likeness (QED) is 0.844. The molecule has 20 heavy (non-hydrogen) atoms. The number of benzene rings is 2. The number of halogens is 2. The molecule has 2 rings (SSSR count). The molecule has 0 amide bonds. The van der Waals surface area contributed by atoms with E-state index in [1.807, 2.05) is 0 Å². The van der Waals surface area contributed by atoms with Crippen molar-refractivity contribution in [2.24, 2.45) is 0 Å². The van der Waals surface area contributed by atoms with Crippen LogP contribution in [0.15, 0.2) is 36.4 Å². The van der Waals surface area contributed by atoms with Gasteiger partial charge in [0.15, 0.2) is 0 Å². The minimum atomic E-state index is -1.20. The molecule has 0 fully saturated rings. The third-order valence-electron chi connectivity index (χ3n) is 2.63. The van der Waals surface area contributed by atoms with Crippen molar-refractivity contribution >= 4 is 11.7 Å². The van der Waals surface area contributed by atoms with Crippen molar-refractivity contribution in [3.63, 3.8) is 0 Å². The van der Waals surface area contributed by atoms with Crippen molar-refractivity contribution in [3.8, 4) is 5.75 Å². The molecule has 0 aliphatic heterocycles. The van der Waals surface area contributed by atoms with Gasteiger partial charge < -0.3 is 15.6 Å². The third kappa shape index (κ3) is 3.03. The van der Waals surface area contributed by atoms with Crippen molar-refractivity contribution < 1.29 is 23.4 Å². The van der Waals surface area contributed by atoms with E-state index in [0.29, 0.717) is 0 Å². The van der Waals surface area contributed by atoms with Gasteiger partial charge in [0.2, 0.25) is 0 Å². The summed E-state index contributed by atoms with van der Waals surface area (Å²) in [6.45, 7) is -0.212. The highest BCUT2D eigenvalue weighted by Gasteiger charge is 2.13. The van der Waals surface area contributed by atoms with Crippen LogP contribution >= 0.6 is 0 Å². The number of hydrogen-bond acceptors (Lipinski definition) is 3. The number of anilines is 1. The van der Waals surface area contributed by atoms with Gasteiger partial charge in [-0.15, -0.1) is 0 Å². The molecule has 104 valence electrons. The van der Waals surface area contributed by atoms with E-state index in [1.54, 1.807) is 0 Å². The molecule has 4 nitrogen and oxygen atoms in total. The second-order valence-electron chi connectivity index (χ2n) is 4.09. The first kappa shape index (κ1) is 13.8. The van der Waals surface area contributed by atoms with E-state index in [9.17, 15) is 13.6 Å². The van der Waals surface area contributed by atoms with E-state index in [0.717, 1.165) is 12.1 Å². The summed E-state index contributed by atoms with van der Waals surface area (Å²) in [5, 5.41) is 9.02. The average molecular weight is 279 g/mol. The summed E-state index contributed by atoms with van der Waals surface area (Å²) in [4.78, 5) is 11.0. The largest absolute Gasteiger partial charge is 0.488 e. The lowest BCUT2D eigenvalue weighted by molar-refractivity contribution is 0.0692. The minimum Gasteiger partial charge on any atom is -0.488 e. The molecule has 0 aliphatic rings. The Morgan fingerprint density at radius 1 is 1.20 bits per heavy atom. The molecule has 2 aromatic rings. The Labute approximate surface area is 113 Å². The predicted molar refractivity (Wildman–Crippen MR) is 68.5 cm³/mol. The second-order valence-corrected chi connectivity index (χ2v) is 4.09. The van der Waals surface area contributed by atoms with Gasteiger partial charge in [0, 0.05) is 17.3 Å². The van der Waals surface area contributed by atoms with Gasteiger partial charge in [-0.05, 0) is 30.3 Å². The zero-order valence-corrected chi connectivity index (χ0v) is 10.3. The summed E-state index contributed by atoms with van der Waals surface area (Å²) in [5.74, 6) is -2.58. The van der Waals surface area contributed by atoms with E-state index < -0.39 is 17.6 Å². The molecule has 0 aromatic heterocycles. The standard InChI is InChI=1S/C14H11F2NO3/c15-9-2-1-8(12(16)5-9)7-20-13-4-3-10(17)6-11(13)14(18)19/h1-6H,7,17H2,(H,18,19). The van der Waals surface area contributed by atoms with Crippen LogP contribution in [0.25, 0.3) is 0 Å². The van der Waals surface area contributed by atoms with Crippen LogP contribution in [-0.4, -0.2) is 11.1 Å². The fourth-order valence-electron chi connectivity index (χ4n) is 1.63. The Bertz CT molecular complexity index is 659. The Morgan fingerprint density at radius 3 is 2.60 bits per heavy atom. The summed E-state index contributed by atoms with van der Waals surface area (Å²) >= 11 is 0. The number of carboxylic acid groups (broad SMARTS) is 1. The Morgan fingerprint density at radius 2 is 1.95 bits per heavy atom. The van der Waals surface area contributed by atoms with Gasteiger partial charge in [0.25, 0.3) is 0 Å². The molecule has 3 N–H and O–H groups in total. The number of nitrogen functional groups attached to an aromatic ring is 1. The monoisotopic (exact) mass is 279 g/mol.